The van der Waals surface area contributed by atoms with Gasteiger partial charge in [0.25, 0.3) is 0 Å². The van der Waals surface area contributed by atoms with Gasteiger partial charge < -0.3 is 24.8 Å². The van der Waals surface area contributed by atoms with Gasteiger partial charge in [0.1, 0.15) is 0 Å². The molecule has 0 saturated carbocycles. The van der Waals surface area contributed by atoms with Crippen LogP contribution in [0.15, 0.2) is 30.6 Å². The normalized spacial score (nSPS) is 16.6. The average molecular weight is 409 g/mol. The van der Waals surface area contributed by atoms with E-state index in [-0.39, 0.29) is 12.1 Å². The van der Waals surface area contributed by atoms with Crippen LogP contribution in [0, 0.1) is 0 Å². The van der Waals surface area contributed by atoms with E-state index in [0.29, 0.717) is 31.3 Å². The van der Waals surface area contributed by atoms with Crippen LogP contribution in [0.25, 0.3) is 22.6 Å². The van der Waals surface area contributed by atoms with Crippen LogP contribution >= 0.6 is 0 Å². The summed E-state index contributed by atoms with van der Waals surface area (Å²) in [5, 5.41) is 5.52. The van der Waals surface area contributed by atoms with E-state index < -0.39 is 0 Å². The van der Waals surface area contributed by atoms with Gasteiger partial charge in [-0.2, -0.15) is 0 Å². The molecule has 4 rings (SSSR count). The highest BCUT2D eigenvalue weighted by Crippen LogP contribution is 2.29. The highest BCUT2D eigenvalue weighted by molar-refractivity contribution is 5.90. The van der Waals surface area contributed by atoms with Crippen LogP contribution in [0.1, 0.15) is 20.8 Å². The Morgan fingerprint density at radius 1 is 1.23 bits per heavy atom. The molecule has 1 atom stereocenters. The molecule has 1 aliphatic heterocycles. The first kappa shape index (κ1) is 20.1. The van der Waals surface area contributed by atoms with Gasteiger partial charge in [-0.3, -0.25) is 0 Å². The summed E-state index contributed by atoms with van der Waals surface area (Å²) in [5.74, 6) is 1.47. The van der Waals surface area contributed by atoms with E-state index in [0.717, 1.165) is 35.6 Å². The number of urea groups is 1. The van der Waals surface area contributed by atoms with Gasteiger partial charge in [-0.25, -0.2) is 19.7 Å². The Labute approximate surface area is 175 Å². The minimum absolute atomic E-state index is 0.208. The maximum absolute atomic E-state index is 11.7. The van der Waals surface area contributed by atoms with Crippen molar-refractivity contribution in [3.05, 3.63) is 30.6 Å². The van der Waals surface area contributed by atoms with Crippen LogP contribution in [-0.4, -0.2) is 57.9 Å². The smallest absolute Gasteiger partial charge is 0.319 e. The minimum atomic E-state index is -0.224. The lowest BCUT2D eigenvalue weighted by Gasteiger charge is -2.34. The SMILES string of the molecule is CCNC(=O)Nc1ccc(-c2nc(N3CCOC[C@@H]3C)c3ncn(CC)c3n2)cc1. The Bertz CT molecular complexity index is 1030. The monoisotopic (exact) mass is 409 g/mol. The number of anilines is 2. The molecule has 1 saturated heterocycles. The zero-order valence-electron chi connectivity index (χ0n) is 17.6. The van der Waals surface area contributed by atoms with Crippen molar-refractivity contribution < 1.29 is 9.53 Å². The summed E-state index contributed by atoms with van der Waals surface area (Å²) in [7, 11) is 0. The quantitative estimate of drug-likeness (QED) is 0.673. The van der Waals surface area contributed by atoms with Gasteiger partial charge in [-0.05, 0) is 45.0 Å². The van der Waals surface area contributed by atoms with E-state index in [1.54, 1.807) is 0 Å². The Kier molecular flexibility index (Phi) is 5.80. The summed E-state index contributed by atoms with van der Waals surface area (Å²) >= 11 is 0. The second-order valence-electron chi connectivity index (χ2n) is 7.25. The van der Waals surface area contributed by atoms with Crippen LogP contribution in [0.5, 0.6) is 0 Å². The van der Waals surface area contributed by atoms with E-state index in [1.165, 1.54) is 0 Å². The zero-order valence-corrected chi connectivity index (χ0v) is 17.6. The van der Waals surface area contributed by atoms with Crippen molar-refractivity contribution in [1.82, 2.24) is 24.8 Å². The van der Waals surface area contributed by atoms with E-state index in [1.807, 2.05) is 42.1 Å². The number of nitrogens with zero attached hydrogens (tertiary/aromatic N) is 5. The molecule has 0 spiro atoms. The Hall–Kier alpha value is -3.20. The molecular formula is C21H27N7O2. The zero-order chi connectivity index (χ0) is 21.1. The van der Waals surface area contributed by atoms with Crippen molar-refractivity contribution in [1.29, 1.82) is 0 Å². The van der Waals surface area contributed by atoms with Crippen molar-refractivity contribution in [2.24, 2.45) is 0 Å². The minimum Gasteiger partial charge on any atom is -0.377 e. The van der Waals surface area contributed by atoms with E-state index in [9.17, 15) is 4.79 Å². The molecular weight excluding hydrogens is 382 g/mol. The molecule has 3 aromatic rings. The number of morpholine rings is 1. The molecule has 2 amide bonds. The standard InChI is InChI=1S/C21H27N7O2/c1-4-22-21(29)24-16-8-6-15(7-9-16)18-25-19-17(23-13-27(19)5-2)20(26-18)28-10-11-30-12-14(28)3/h6-9,13-14H,4-5,10-12H2,1-3H3,(H2,22,24,29)/t14-/m0/s1. The van der Waals surface area contributed by atoms with Gasteiger partial charge in [0.2, 0.25) is 0 Å². The molecule has 30 heavy (non-hydrogen) atoms. The lowest BCUT2D eigenvalue weighted by Crippen LogP contribution is -2.44. The first-order valence-corrected chi connectivity index (χ1v) is 10.3. The first-order valence-electron chi connectivity index (χ1n) is 10.3. The lowest BCUT2D eigenvalue weighted by molar-refractivity contribution is 0.0987. The van der Waals surface area contributed by atoms with Gasteiger partial charge in [-0.1, -0.05) is 0 Å². The largest absolute Gasteiger partial charge is 0.377 e. The number of hydrogen-bond donors (Lipinski definition) is 2. The topological polar surface area (TPSA) is 97.2 Å². The number of fused-ring (bicyclic) bond motifs is 1. The molecule has 1 fully saturated rings. The number of ether oxygens (including phenoxy) is 1. The lowest BCUT2D eigenvalue weighted by atomic mass is 10.2. The Morgan fingerprint density at radius 3 is 2.73 bits per heavy atom. The summed E-state index contributed by atoms with van der Waals surface area (Å²) in [6, 6.07) is 7.53. The molecule has 0 aliphatic carbocycles. The molecule has 9 nitrogen and oxygen atoms in total. The summed E-state index contributed by atoms with van der Waals surface area (Å²) in [5.41, 5.74) is 3.22. The molecule has 0 radical (unpaired) electrons. The van der Waals surface area contributed by atoms with Crippen LogP contribution in [-0.2, 0) is 11.3 Å². The van der Waals surface area contributed by atoms with Crippen molar-refractivity contribution in [3.8, 4) is 11.4 Å². The van der Waals surface area contributed by atoms with Crippen LogP contribution in [0.2, 0.25) is 0 Å². The maximum atomic E-state index is 11.7. The van der Waals surface area contributed by atoms with E-state index in [4.69, 9.17) is 14.7 Å². The summed E-state index contributed by atoms with van der Waals surface area (Å²) in [6.45, 7) is 9.53. The third kappa shape index (κ3) is 3.93. The van der Waals surface area contributed by atoms with Crippen molar-refractivity contribution >= 4 is 28.7 Å². The third-order valence-electron chi connectivity index (χ3n) is 5.16. The molecule has 2 N–H and O–H groups in total. The summed E-state index contributed by atoms with van der Waals surface area (Å²) in [4.78, 5) is 28.3. The highest BCUT2D eigenvalue weighted by atomic mass is 16.5. The number of hydrogen-bond acceptors (Lipinski definition) is 6. The highest BCUT2D eigenvalue weighted by Gasteiger charge is 2.25. The second-order valence-corrected chi connectivity index (χ2v) is 7.25. The van der Waals surface area contributed by atoms with Crippen molar-refractivity contribution in [2.45, 2.75) is 33.4 Å². The molecule has 1 aliphatic rings. The fourth-order valence-electron chi connectivity index (χ4n) is 3.57. The van der Waals surface area contributed by atoms with Crippen molar-refractivity contribution in [2.75, 3.05) is 36.5 Å². The van der Waals surface area contributed by atoms with Crippen molar-refractivity contribution in [3.63, 3.8) is 0 Å². The first-order chi connectivity index (χ1) is 14.6. The number of carbonyl (C=O) groups excluding carboxylic acids is 1. The van der Waals surface area contributed by atoms with Gasteiger partial charge in [-0.15, -0.1) is 0 Å². The number of aryl methyl sites for hydroxylation is 1. The number of carbonyl (C=O) groups is 1. The number of nitrogens with one attached hydrogen (secondary N) is 2. The predicted molar refractivity (Wildman–Crippen MR) is 117 cm³/mol. The van der Waals surface area contributed by atoms with E-state index in [2.05, 4.69) is 34.4 Å². The second kappa shape index (κ2) is 8.66. The fourth-order valence-corrected chi connectivity index (χ4v) is 3.57. The van der Waals surface area contributed by atoms with E-state index >= 15 is 0 Å². The molecule has 158 valence electrons. The maximum Gasteiger partial charge on any atom is 0.319 e. The Morgan fingerprint density at radius 2 is 2.03 bits per heavy atom. The van der Waals surface area contributed by atoms with Gasteiger partial charge in [0, 0.05) is 30.9 Å². The summed E-state index contributed by atoms with van der Waals surface area (Å²) < 4.78 is 7.63. The summed E-state index contributed by atoms with van der Waals surface area (Å²) in [6.07, 6.45) is 1.82. The van der Waals surface area contributed by atoms with Gasteiger partial charge in [0.15, 0.2) is 22.8 Å². The number of rotatable bonds is 5. The number of amides is 2. The number of aromatic nitrogens is 4. The molecule has 0 bridgehead atoms. The van der Waals surface area contributed by atoms with Crippen LogP contribution < -0.4 is 15.5 Å². The molecule has 0 unspecified atom stereocenters. The van der Waals surface area contributed by atoms with Crippen LogP contribution in [0.3, 0.4) is 0 Å². The average Bonchev–Trinajstić information content (AvgIpc) is 3.17. The van der Waals surface area contributed by atoms with Gasteiger partial charge in [0.05, 0.1) is 25.6 Å². The van der Waals surface area contributed by atoms with Gasteiger partial charge >= 0.3 is 6.03 Å². The number of imidazole rings is 1. The Balaban J connectivity index is 1.72. The molecule has 2 aromatic heterocycles. The van der Waals surface area contributed by atoms with Crippen LogP contribution in [0.4, 0.5) is 16.3 Å². The fraction of sp³-hybridized carbons (Fsp3) is 0.429. The predicted octanol–water partition coefficient (Wildman–Crippen LogP) is 2.88. The third-order valence-corrected chi connectivity index (χ3v) is 5.16. The number of benzene rings is 1. The molecule has 3 heterocycles. The molecule has 9 heteroatoms. The molecule has 1 aromatic carbocycles.